The van der Waals surface area contributed by atoms with Crippen LogP contribution in [-0.4, -0.2) is 21.3 Å². The van der Waals surface area contributed by atoms with E-state index in [1.54, 1.807) is 12.5 Å². The van der Waals surface area contributed by atoms with E-state index >= 15 is 0 Å². The van der Waals surface area contributed by atoms with E-state index in [-0.39, 0.29) is 6.61 Å². The Morgan fingerprint density at radius 2 is 2.27 bits per heavy atom. The molecule has 0 bridgehead atoms. The van der Waals surface area contributed by atoms with E-state index in [0.29, 0.717) is 0 Å². The number of nitrogens with zero attached hydrogens (tertiary/aromatic N) is 2. The largest absolute Gasteiger partial charge is 0.396 e. The Kier molecular flexibility index (Phi) is 3.15. The fourth-order valence-corrected chi connectivity index (χ4v) is 1.57. The predicted molar refractivity (Wildman–Crippen MR) is 59.0 cm³/mol. The average molecular weight is 202 g/mol. The molecule has 0 aliphatic heterocycles. The summed E-state index contributed by atoms with van der Waals surface area (Å²) < 4.78 is 1.97. The van der Waals surface area contributed by atoms with Crippen LogP contribution in [0.1, 0.15) is 12.0 Å². The van der Waals surface area contributed by atoms with Crippen molar-refractivity contribution in [3.63, 3.8) is 0 Å². The summed E-state index contributed by atoms with van der Waals surface area (Å²) in [7, 11) is 0. The molecule has 1 aromatic carbocycles. The fraction of sp³-hybridized carbons (Fsp3) is 0.250. The van der Waals surface area contributed by atoms with Crippen LogP contribution in [-0.2, 0) is 6.42 Å². The van der Waals surface area contributed by atoms with E-state index < -0.39 is 0 Å². The van der Waals surface area contributed by atoms with Crippen molar-refractivity contribution in [3.8, 4) is 5.69 Å². The Hall–Kier alpha value is -1.61. The number of aryl methyl sites for hydroxylation is 1. The molecule has 0 amide bonds. The van der Waals surface area contributed by atoms with Gasteiger partial charge in [0.1, 0.15) is 0 Å². The smallest absolute Gasteiger partial charge is 0.0991 e. The van der Waals surface area contributed by atoms with Crippen molar-refractivity contribution in [2.75, 3.05) is 6.61 Å². The van der Waals surface area contributed by atoms with Crippen molar-refractivity contribution in [1.29, 1.82) is 0 Å². The quantitative estimate of drug-likeness (QED) is 0.821. The molecule has 0 aliphatic carbocycles. The SMILES string of the molecule is OCCCc1cccc(-n2ccnc2)c1. The minimum absolute atomic E-state index is 0.245. The van der Waals surface area contributed by atoms with Gasteiger partial charge in [-0.1, -0.05) is 12.1 Å². The third-order valence-corrected chi connectivity index (χ3v) is 2.34. The van der Waals surface area contributed by atoms with E-state index in [2.05, 4.69) is 17.1 Å². The minimum atomic E-state index is 0.245. The summed E-state index contributed by atoms with van der Waals surface area (Å²) in [5.74, 6) is 0. The maximum atomic E-state index is 8.77. The lowest BCUT2D eigenvalue weighted by Gasteiger charge is -2.05. The zero-order chi connectivity index (χ0) is 10.5. The van der Waals surface area contributed by atoms with E-state index in [1.807, 2.05) is 22.9 Å². The molecule has 0 unspecified atom stereocenters. The number of hydrogen-bond acceptors (Lipinski definition) is 2. The normalized spacial score (nSPS) is 10.5. The molecule has 15 heavy (non-hydrogen) atoms. The standard InChI is InChI=1S/C12H14N2O/c15-8-2-4-11-3-1-5-12(9-11)14-7-6-13-10-14/h1,3,5-7,9-10,15H,2,4,8H2. The van der Waals surface area contributed by atoms with Gasteiger partial charge in [-0.25, -0.2) is 4.98 Å². The fourth-order valence-electron chi connectivity index (χ4n) is 1.57. The zero-order valence-electron chi connectivity index (χ0n) is 8.50. The van der Waals surface area contributed by atoms with Gasteiger partial charge in [0.05, 0.1) is 6.33 Å². The predicted octanol–water partition coefficient (Wildman–Crippen LogP) is 1.80. The third kappa shape index (κ3) is 2.44. The topological polar surface area (TPSA) is 38.0 Å². The van der Waals surface area contributed by atoms with Gasteiger partial charge in [-0.15, -0.1) is 0 Å². The first-order valence-electron chi connectivity index (χ1n) is 5.08. The van der Waals surface area contributed by atoms with E-state index in [0.717, 1.165) is 18.5 Å². The van der Waals surface area contributed by atoms with Gasteiger partial charge >= 0.3 is 0 Å². The molecule has 0 radical (unpaired) electrons. The number of aromatic nitrogens is 2. The van der Waals surface area contributed by atoms with Crippen molar-refractivity contribution in [2.24, 2.45) is 0 Å². The molecular weight excluding hydrogens is 188 g/mol. The Labute approximate surface area is 89.0 Å². The van der Waals surface area contributed by atoms with Crippen LogP contribution in [0.25, 0.3) is 5.69 Å². The number of hydrogen-bond donors (Lipinski definition) is 1. The number of benzene rings is 1. The molecule has 3 nitrogen and oxygen atoms in total. The van der Waals surface area contributed by atoms with Crippen molar-refractivity contribution < 1.29 is 5.11 Å². The molecule has 1 heterocycles. The second-order valence-corrected chi connectivity index (χ2v) is 3.47. The molecule has 0 atom stereocenters. The zero-order valence-corrected chi connectivity index (χ0v) is 8.50. The molecule has 2 aromatic rings. The van der Waals surface area contributed by atoms with Crippen LogP contribution in [0.2, 0.25) is 0 Å². The molecule has 2 rings (SSSR count). The highest BCUT2D eigenvalue weighted by molar-refractivity contribution is 5.35. The molecule has 1 aromatic heterocycles. The van der Waals surface area contributed by atoms with Crippen molar-refractivity contribution in [1.82, 2.24) is 9.55 Å². The van der Waals surface area contributed by atoms with Crippen LogP contribution < -0.4 is 0 Å². The Bertz CT molecular complexity index is 409. The summed E-state index contributed by atoms with van der Waals surface area (Å²) in [6.07, 6.45) is 7.20. The van der Waals surface area contributed by atoms with Crippen molar-refractivity contribution in [2.45, 2.75) is 12.8 Å². The van der Waals surface area contributed by atoms with Crippen LogP contribution in [0.5, 0.6) is 0 Å². The van der Waals surface area contributed by atoms with Gasteiger partial charge in [0.2, 0.25) is 0 Å². The maximum absolute atomic E-state index is 8.77. The van der Waals surface area contributed by atoms with Gasteiger partial charge in [0.25, 0.3) is 0 Å². The Balaban J connectivity index is 2.19. The van der Waals surface area contributed by atoms with Crippen LogP contribution in [0.4, 0.5) is 0 Å². The highest BCUT2D eigenvalue weighted by Gasteiger charge is 1.97. The van der Waals surface area contributed by atoms with E-state index in [1.165, 1.54) is 5.56 Å². The molecular formula is C12H14N2O. The Morgan fingerprint density at radius 1 is 1.33 bits per heavy atom. The highest BCUT2D eigenvalue weighted by Crippen LogP contribution is 2.11. The van der Waals surface area contributed by atoms with Crippen molar-refractivity contribution in [3.05, 3.63) is 48.5 Å². The molecule has 78 valence electrons. The van der Waals surface area contributed by atoms with Crippen LogP contribution >= 0.6 is 0 Å². The first kappa shape index (κ1) is 9.93. The summed E-state index contributed by atoms with van der Waals surface area (Å²) in [4.78, 5) is 4.01. The molecule has 0 aliphatic rings. The lowest BCUT2D eigenvalue weighted by molar-refractivity contribution is 0.288. The number of rotatable bonds is 4. The molecule has 3 heteroatoms. The molecule has 0 spiro atoms. The first-order valence-corrected chi connectivity index (χ1v) is 5.08. The highest BCUT2D eigenvalue weighted by atomic mass is 16.2. The lowest BCUT2D eigenvalue weighted by Crippen LogP contribution is -1.93. The lowest BCUT2D eigenvalue weighted by atomic mass is 10.1. The van der Waals surface area contributed by atoms with Gasteiger partial charge in [-0.2, -0.15) is 0 Å². The molecule has 0 saturated carbocycles. The summed E-state index contributed by atoms with van der Waals surface area (Å²) >= 11 is 0. The number of imidazole rings is 1. The summed E-state index contributed by atoms with van der Waals surface area (Å²) in [6, 6.07) is 8.28. The van der Waals surface area contributed by atoms with Gasteiger partial charge in [0, 0.05) is 24.7 Å². The van der Waals surface area contributed by atoms with Gasteiger partial charge in [-0.05, 0) is 30.5 Å². The van der Waals surface area contributed by atoms with Gasteiger partial charge < -0.3 is 9.67 Å². The maximum Gasteiger partial charge on any atom is 0.0991 e. The third-order valence-electron chi connectivity index (χ3n) is 2.34. The number of aliphatic hydroxyl groups is 1. The van der Waals surface area contributed by atoms with Crippen LogP contribution in [0.15, 0.2) is 43.0 Å². The summed E-state index contributed by atoms with van der Waals surface area (Å²) in [6.45, 7) is 0.245. The summed E-state index contributed by atoms with van der Waals surface area (Å²) in [5.41, 5.74) is 2.36. The minimum Gasteiger partial charge on any atom is -0.396 e. The first-order chi connectivity index (χ1) is 7.40. The monoisotopic (exact) mass is 202 g/mol. The van der Waals surface area contributed by atoms with E-state index in [4.69, 9.17) is 5.11 Å². The molecule has 1 N–H and O–H groups in total. The van der Waals surface area contributed by atoms with Gasteiger partial charge in [-0.3, -0.25) is 0 Å². The van der Waals surface area contributed by atoms with Crippen LogP contribution in [0.3, 0.4) is 0 Å². The average Bonchev–Trinajstić information content (AvgIpc) is 2.80. The molecule has 0 fully saturated rings. The van der Waals surface area contributed by atoms with Crippen LogP contribution in [0, 0.1) is 0 Å². The Morgan fingerprint density at radius 3 is 3.00 bits per heavy atom. The summed E-state index contributed by atoms with van der Waals surface area (Å²) in [5, 5.41) is 8.77. The van der Waals surface area contributed by atoms with Gasteiger partial charge in [0.15, 0.2) is 0 Å². The van der Waals surface area contributed by atoms with E-state index in [9.17, 15) is 0 Å². The van der Waals surface area contributed by atoms with Crippen molar-refractivity contribution >= 4 is 0 Å². The number of aliphatic hydroxyl groups excluding tert-OH is 1. The molecule has 0 saturated heterocycles. The second-order valence-electron chi connectivity index (χ2n) is 3.47. The second kappa shape index (κ2) is 4.75.